The molecule has 8 heteroatoms. The molecule has 1 aliphatic rings. The van der Waals surface area contributed by atoms with Gasteiger partial charge in [0.05, 0.1) is 12.1 Å². The average molecular weight is 500 g/mol. The van der Waals surface area contributed by atoms with Gasteiger partial charge in [-0.05, 0) is 64.1 Å². The van der Waals surface area contributed by atoms with E-state index in [2.05, 4.69) is 34.4 Å². The van der Waals surface area contributed by atoms with Crippen molar-refractivity contribution in [3.05, 3.63) is 36.2 Å². The first-order valence-corrected chi connectivity index (χ1v) is 13.2. The molecule has 2 N–H and O–H groups in total. The van der Waals surface area contributed by atoms with E-state index in [4.69, 9.17) is 0 Å². The van der Waals surface area contributed by atoms with Gasteiger partial charge in [0.1, 0.15) is 6.04 Å². The average Bonchev–Trinajstić information content (AvgIpc) is 2.84. The van der Waals surface area contributed by atoms with Crippen molar-refractivity contribution in [1.29, 1.82) is 0 Å². The Balaban J connectivity index is 2.17. The summed E-state index contributed by atoms with van der Waals surface area (Å²) in [6, 6.07) is 2.57. The molecule has 0 bridgehead atoms. The van der Waals surface area contributed by atoms with Gasteiger partial charge in [0.15, 0.2) is 0 Å². The second-order valence-electron chi connectivity index (χ2n) is 10.8. The van der Waals surface area contributed by atoms with Crippen molar-refractivity contribution in [2.24, 2.45) is 11.8 Å². The number of likely N-dealkylation sites (N-methyl/N-ethyl adjacent to an activating group) is 1. The highest BCUT2D eigenvalue weighted by atomic mass is 16.2. The van der Waals surface area contributed by atoms with Crippen molar-refractivity contribution in [2.45, 2.75) is 91.9 Å². The van der Waals surface area contributed by atoms with Gasteiger partial charge < -0.3 is 15.5 Å². The first-order chi connectivity index (χ1) is 16.9. The van der Waals surface area contributed by atoms with Gasteiger partial charge in [-0.3, -0.25) is 24.3 Å². The summed E-state index contributed by atoms with van der Waals surface area (Å²) in [5.74, 6) is -0.461. The summed E-state index contributed by atoms with van der Waals surface area (Å²) in [6.45, 7) is 14.8. The van der Waals surface area contributed by atoms with E-state index in [1.54, 1.807) is 43.4 Å². The molecule has 1 fully saturated rings. The summed E-state index contributed by atoms with van der Waals surface area (Å²) in [5, 5.41) is 5.93. The fourth-order valence-corrected chi connectivity index (χ4v) is 4.73. The number of carbonyl (C=O) groups is 3. The number of nitrogens with one attached hydrogen (secondary N) is 2. The number of anilines is 1. The molecule has 0 radical (unpaired) electrons. The number of carbonyl (C=O) groups excluding carboxylic acids is 3. The molecule has 36 heavy (non-hydrogen) atoms. The van der Waals surface area contributed by atoms with Crippen LogP contribution in [0.4, 0.5) is 5.69 Å². The zero-order chi connectivity index (χ0) is 27.0. The lowest BCUT2D eigenvalue weighted by atomic mass is 9.95. The molecule has 1 saturated heterocycles. The molecule has 0 aromatic carbocycles. The molecule has 1 aliphatic heterocycles. The van der Waals surface area contributed by atoms with E-state index in [-0.39, 0.29) is 47.7 Å². The van der Waals surface area contributed by atoms with Crippen molar-refractivity contribution in [3.63, 3.8) is 0 Å². The van der Waals surface area contributed by atoms with Gasteiger partial charge >= 0.3 is 0 Å². The topological polar surface area (TPSA) is 94.6 Å². The largest absolute Gasteiger partial charge is 0.343 e. The Hall–Kier alpha value is -2.74. The number of hydrogen-bond donors (Lipinski definition) is 2. The van der Waals surface area contributed by atoms with Crippen LogP contribution < -0.4 is 10.6 Å². The summed E-state index contributed by atoms with van der Waals surface area (Å²) >= 11 is 0. The number of rotatable bonds is 10. The minimum Gasteiger partial charge on any atom is -0.343 e. The number of aromatic nitrogens is 1. The van der Waals surface area contributed by atoms with E-state index >= 15 is 0 Å². The van der Waals surface area contributed by atoms with E-state index in [0.717, 1.165) is 25.8 Å². The van der Waals surface area contributed by atoms with Gasteiger partial charge in [-0.15, -0.1) is 0 Å². The van der Waals surface area contributed by atoms with Crippen LogP contribution in [0.5, 0.6) is 0 Å². The first-order valence-electron chi connectivity index (χ1n) is 13.2. The van der Waals surface area contributed by atoms with Crippen molar-refractivity contribution in [2.75, 3.05) is 18.9 Å². The van der Waals surface area contributed by atoms with Crippen molar-refractivity contribution >= 4 is 23.4 Å². The van der Waals surface area contributed by atoms with E-state index in [1.165, 1.54) is 0 Å². The van der Waals surface area contributed by atoms with Crippen LogP contribution in [-0.2, 0) is 14.4 Å². The van der Waals surface area contributed by atoms with Crippen molar-refractivity contribution < 1.29 is 14.4 Å². The molecular formula is C28H45N5O3. The third-order valence-electron chi connectivity index (χ3n) is 6.94. The molecule has 0 unspecified atom stereocenters. The summed E-state index contributed by atoms with van der Waals surface area (Å²) in [4.78, 5) is 47.6. The lowest BCUT2D eigenvalue weighted by molar-refractivity contribution is -0.140. The quantitative estimate of drug-likeness (QED) is 0.477. The zero-order valence-electron chi connectivity index (χ0n) is 23.2. The molecule has 200 valence electrons. The standard InChI is InChI=1S/C28H45N5O3/c1-18(2)24(17-21(7)26(34)30-22-12-14-29-15-13-22)32(8)28(36)25(19(3)4)31-27(35)23-11-9-10-16-33(23)20(5)6/h12-15,17-20,23-25H,9-11,16H2,1-8H3,(H,31,35)(H,29,30,34)/t23-,24-,25+/m1/s1. The second-order valence-corrected chi connectivity index (χ2v) is 10.8. The molecule has 2 heterocycles. The third kappa shape index (κ3) is 7.88. The molecule has 3 atom stereocenters. The summed E-state index contributed by atoms with van der Waals surface area (Å²) in [7, 11) is 1.75. The Kier molecular flexibility index (Phi) is 11.1. The van der Waals surface area contributed by atoms with Crippen LogP contribution in [-0.4, -0.2) is 70.3 Å². The molecule has 8 nitrogen and oxygen atoms in total. The summed E-state index contributed by atoms with van der Waals surface area (Å²) in [6.07, 6.45) is 7.98. The number of pyridine rings is 1. The van der Waals surface area contributed by atoms with E-state index in [1.807, 2.05) is 33.8 Å². The van der Waals surface area contributed by atoms with Gasteiger partial charge in [0.25, 0.3) is 5.91 Å². The van der Waals surface area contributed by atoms with E-state index < -0.39 is 6.04 Å². The van der Waals surface area contributed by atoms with Crippen LogP contribution in [0.2, 0.25) is 0 Å². The molecule has 1 aromatic heterocycles. The highest BCUT2D eigenvalue weighted by Gasteiger charge is 2.36. The van der Waals surface area contributed by atoms with Crippen molar-refractivity contribution in [1.82, 2.24) is 20.1 Å². The van der Waals surface area contributed by atoms with Crippen LogP contribution in [0.3, 0.4) is 0 Å². The predicted octanol–water partition coefficient (Wildman–Crippen LogP) is 3.85. The highest BCUT2D eigenvalue weighted by Crippen LogP contribution is 2.21. The molecular weight excluding hydrogens is 454 g/mol. The number of nitrogens with zero attached hydrogens (tertiary/aromatic N) is 3. The molecule has 0 spiro atoms. The second kappa shape index (κ2) is 13.5. The smallest absolute Gasteiger partial charge is 0.251 e. The maximum absolute atomic E-state index is 13.7. The van der Waals surface area contributed by atoms with E-state index in [9.17, 15) is 14.4 Å². The fourth-order valence-electron chi connectivity index (χ4n) is 4.73. The van der Waals surface area contributed by atoms with Gasteiger partial charge in [-0.1, -0.05) is 40.2 Å². The fraction of sp³-hybridized carbons (Fsp3) is 0.643. The summed E-state index contributed by atoms with van der Waals surface area (Å²) < 4.78 is 0. The van der Waals surface area contributed by atoms with Gasteiger partial charge in [0.2, 0.25) is 11.8 Å². The predicted molar refractivity (Wildman–Crippen MR) is 144 cm³/mol. The minimum atomic E-state index is -0.640. The van der Waals surface area contributed by atoms with Crippen LogP contribution >= 0.6 is 0 Å². The highest BCUT2D eigenvalue weighted by molar-refractivity contribution is 6.03. The molecule has 1 aromatic rings. The van der Waals surface area contributed by atoms with Crippen molar-refractivity contribution in [3.8, 4) is 0 Å². The lowest BCUT2D eigenvalue weighted by Gasteiger charge is -2.39. The Labute approximate surface area is 216 Å². The maximum atomic E-state index is 13.7. The first kappa shape index (κ1) is 29.5. The minimum absolute atomic E-state index is 0.0703. The Morgan fingerprint density at radius 2 is 1.69 bits per heavy atom. The third-order valence-corrected chi connectivity index (χ3v) is 6.94. The maximum Gasteiger partial charge on any atom is 0.251 e. The number of likely N-dealkylation sites (tertiary alicyclic amines) is 1. The van der Waals surface area contributed by atoms with Gasteiger partial charge in [0, 0.05) is 36.7 Å². The Morgan fingerprint density at radius 1 is 1.06 bits per heavy atom. The Bertz CT molecular complexity index is 913. The van der Waals surface area contributed by atoms with E-state index in [0.29, 0.717) is 11.3 Å². The number of hydrogen-bond acceptors (Lipinski definition) is 5. The van der Waals surface area contributed by atoms with Crippen LogP contribution in [0.1, 0.15) is 67.7 Å². The molecule has 0 saturated carbocycles. The SMILES string of the molecule is CC(=C[C@H](C(C)C)N(C)C(=O)[C@@H](NC(=O)[C@H]1CCCCN1C(C)C)C(C)C)C(=O)Nc1ccncc1. The molecule has 2 rings (SSSR count). The normalized spacial score (nSPS) is 18.8. The number of amides is 3. The van der Waals surface area contributed by atoms with Crippen LogP contribution in [0, 0.1) is 11.8 Å². The van der Waals surface area contributed by atoms with Crippen LogP contribution in [0.25, 0.3) is 0 Å². The summed E-state index contributed by atoms with van der Waals surface area (Å²) in [5.41, 5.74) is 1.18. The Morgan fingerprint density at radius 3 is 2.25 bits per heavy atom. The lowest BCUT2D eigenvalue weighted by Crippen LogP contribution is -2.58. The molecule has 3 amide bonds. The van der Waals surface area contributed by atoms with Crippen LogP contribution in [0.15, 0.2) is 36.2 Å². The van der Waals surface area contributed by atoms with Gasteiger partial charge in [-0.2, -0.15) is 0 Å². The zero-order valence-corrected chi connectivity index (χ0v) is 23.2. The van der Waals surface area contributed by atoms with Gasteiger partial charge in [-0.25, -0.2) is 0 Å². The monoisotopic (exact) mass is 499 g/mol. The molecule has 0 aliphatic carbocycles. The number of piperidine rings is 1.